The lowest BCUT2D eigenvalue weighted by molar-refractivity contribution is -0.165. The number of benzene rings is 2. The van der Waals surface area contributed by atoms with Gasteiger partial charge in [-0.1, -0.05) is 43.7 Å². The van der Waals surface area contributed by atoms with Gasteiger partial charge in [-0.05, 0) is 64.3 Å². The quantitative estimate of drug-likeness (QED) is 0.384. The molecule has 2 aromatic carbocycles. The van der Waals surface area contributed by atoms with Crippen LogP contribution in [0.1, 0.15) is 58.6 Å². The topological polar surface area (TPSA) is 89.9 Å². The van der Waals surface area contributed by atoms with Crippen LogP contribution < -0.4 is 10.1 Å². The molecule has 0 radical (unpaired) electrons. The van der Waals surface area contributed by atoms with Crippen molar-refractivity contribution in [3.05, 3.63) is 59.8 Å². The average Bonchev–Trinajstić information content (AvgIpc) is 3.44. The molecular formula is C31H37N3O5. The molecule has 1 aliphatic heterocycles. The van der Waals surface area contributed by atoms with Gasteiger partial charge in [0.05, 0.1) is 16.6 Å². The van der Waals surface area contributed by atoms with E-state index < -0.39 is 28.4 Å². The van der Waals surface area contributed by atoms with Crippen LogP contribution in [0.15, 0.2) is 48.7 Å². The molecule has 206 valence electrons. The fraction of sp³-hybridized carbons (Fsp3) is 0.452. The van der Waals surface area contributed by atoms with Gasteiger partial charge in [-0.15, -0.1) is 0 Å². The van der Waals surface area contributed by atoms with Gasteiger partial charge in [0.2, 0.25) is 0 Å². The molecule has 3 aromatic rings. The number of carbonyl (C=O) groups excluding carboxylic acids is 3. The van der Waals surface area contributed by atoms with Gasteiger partial charge in [-0.2, -0.15) is 0 Å². The first-order valence-electron chi connectivity index (χ1n) is 13.7. The number of ether oxygens (including phenoxy) is 2. The summed E-state index contributed by atoms with van der Waals surface area (Å²) in [7, 11) is 0. The Morgan fingerprint density at radius 2 is 1.72 bits per heavy atom. The maximum Gasteiger partial charge on any atom is 0.415 e. The molecule has 2 atom stereocenters. The van der Waals surface area contributed by atoms with E-state index in [4.69, 9.17) is 9.47 Å². The molecule has 2 fully saturated rings. The number of rotatable bonds is 7. The first-order valence-corrected chi connectivity index (χ1v) is 13.7. The number of aryl methyl sites for hydroxylation is 1. The Balaban J connectivity index is 1.55. The second kappa shape index (κ2) is 9.43. The summed E-state index contributed by atoms with van der Waals surface area (Å²) in [5, 5.41) is 3.78. The van der Waals surface area contributed by atoms with Crippen molar-refractivity contribution in [3.63, 3.8) is 0 Å². The molecule has 2 heterocycles. The largest absolute Gasteiger partial charge is 0.448 e. The molecule has 0 unspecified atom stereocenters. The van der Waals surface area contributed by atoms with Crippen LogP contribution in [0, 0.1) is 17.8 Å². The van der Waals surface area contributed by atoms with Gasteiger partial charge in [-0.25, -0.2) is 4.79 Å². The first-order chi connectivity index (χ1) is 18.5. The van der Waals surface area contributed by atoms with Crippen LogP contribution in [0.5, 0.6) is 5.75 Å². The van der Waals surface area contributed by atoms with Crippen LogP contribution in [0.2, 0.25) is 0 Å². The maximum atomic E-state index is 14.0. The maximum absolute atomic E-state index is 14.0. The number of carbonyl (C=O) groups is 3. The van der Waals surface area contributed by atoms with Gasteiger partial charge < -0.3 is 24.3 Å². The predicted molar refractivity (Wildman–Crippen MR) is 150 cm³/mol. The van der Waals surface area contributed by atoms with Gasteiger partial charge in [-0.3, -0.25) is 9.59 Å². The molecule has 1 saturated heterocycles. The van der Waals surface area contributed by atoms with E-state index in [0.29, 0.717) is 38.2 Å². The number of fused-ring (bicyclic) bond motifs is 3. The van der Waals surface area contributed by atoms with Crippen molar-refractivity contribution >= 4 is 34.6 Å². The Kier molecular flexibility index (Phi) is 6.48. The lowest BCUT2D eigenvalue weighted by Gasteiger charge is -2.35. The molecule has 2 bridgehead atoms. The summed E-state index contributed by atoms with van der Waals surface area (Å²) in [6.07, 6.45) is 2.48. The van der Waals surface area contributed by atoms with E-state index in [0.717, 1.165) is 16.5 Å². The Hall–Kier alpha value is -3.81. The monoisotopic (exact) mass is 531 g/mol. The standard InChI is InChI=1S/C31H37N3O5/c1-7-33(8-2)28(37)38-24-14-13-23-22(15-18-34(23)19-21-11-9-20(3)10-12-21)25(24)32-26(35)31-17-16-30(6,27(36)39-31)29(31,4)5/h9-15,18H,7-8,16-17,19H2,1-6H3,(H,32,35)/t30-,31+/m0/s1. The minimum absolute atomic E-state index is 0.250. The van der Waals surface area contributed by atoms with Crippen LogP contribution in [0.3, 0.4) is 0 Å². The SMILES string of the molecule is CCN(CC)C(=O)Oc1ccc2c(ccn2Cc2ccc(C)cc2)c1NC(=O)[C@@]12CC[C@@](C)(C(=O)O1)C2(C)C. The normalized spacial score (nSPS) is 23.1. The molecule has 1 aliphatic carbocycles. The number of nitrogens with zero attached hydrogens (tertiary/aromatic N) is 2. The highest BCUT2D eigenvalue weighted by atomic mass is 16.6. The van der Waals surface area contributed by atoms with Crippen molar-refractivity contribution in [1.29, 1.82) is 0 Å². The van der Waals surface area contributed by atoms with Crippen LogP contribution >= 0.6 is 0 Å². The summed E-state index contributed by atoms with van der Waals surface area (Å²) in [6.45, 7) is 13.2. The zero-order valence-electron chi connectivity index (χ0n) is 23.6. The fourth-order valence-electron chi connectivity index (χ4n) is 6.10. The average molecular weight is 532 g/mol. The Labute approximate surface area is 229 Å². The molecular weight excluding hydrogens is 494 g/mol. The summed E-state index contributed by atoms with van der Waals surface area (Å²) in [4.78, 5) is 41.3. The zero-order chi connectivity index (χ0) is 28.2. The highest BCUT2D eigenvalue weighted by Crippen LogP contribution is 2.65. The number of hydrogen-bond donors (Lipinski definition) is 1. The van der Waals surface area contributed by atoms with Crippen molar-refractivity contribution in [2.24, 2.45) is 10.8 Å². The number of amides is 2. The van der Waals surface area contributed by atoms with E-state index in [1.807, 2.05) is 52.9 Å². The number of aromatic nitrogens is 1. The van der Waals surface area contributed by atoms with Gasteiger partial charge in [0, 0.05) is 36.6 Å². The van der Waals surface area contributed by atoms with Crippen molar-refractivity contribution in [1.82, 2.24) is 9.47 Å². The van der Waals surface area contributed by atoms with Crippen molar-refractivity contribution < 1.29 is 23.9 Å². The van der Waals surface area contributed by atoms with Gasteiger partial charge in [0.25, 0.3) is 5.91 Å². The lowest BCUT2D eigenvalue weighted by Crippen LogP contribution is -2.50. The van der Waals surface area contributed by atoms with Crippen molar-refractivity contribution in [3.8, 4) is 5.75 Å². The molecule has 1 saturated carbocycles. The summed E-state index contributed by atoms with van der Waals surface area (Å²) >= 11 is 0. The van der Waals surface area contributed by atoms with Crippen molar-refractivity contribution in [2.45, 2.75) is 66.5 Å². The third kappa shape index (κ3) is 3.99. The summed E-state index contributed by atoms with van der Waals surface area (Å²) < 4.78 is 13.7. The third-order valence-electron chi connectivity index (χ3n) is 9.30. The molecule has 1 aromatic heterocycles. The third-order valence-corrected chi connectivity index (χ3v) is 9.30. The van der Waals surface area contributed by atoms with E-state index >= 15 is 0 Å². The second-order valence-corrected chi connectivity index (χ2v) is 11.5. The molecule has 8 heteroatoms. The number of esters is 1. The fourth-order valence-corrected chi connectivity index (χ4v) is 6.10. The number of anilines is 1. The zero-order valence-corrected chi connectivity index (χ0v) is 23.6. The van der Waals surface area contributed by atoms with E-state index in [9.17, 15) is 14.4 Å². The molecule has 2 aliphatic rings. The number of hydrogen-bond acceptors (Lipinski definition) is 5. The molecule has 2 amide bonds. The van der Waals surface area contributed by atoms with E-state index in [1.165, 1.54) is 5.56 Å². The highest BCUT2D eigenvalue weighted by Gasteiger charge is 2.75. The van der Waals surface area contributed by atoms with E-state index in [1.54, 1.807) is 11.0 Å². The second-order valence-electron chi connectivity index (χ2n) is 11.5. The molecule has 1 N–H and O–H groups in total. The van der Waals surface area contributed by atoms with Gasteiger partial charge >= 0.3 is 12.1 Å². The Morgan fingerprint density at radius 1 is 1.03 bits per heavy atom. The molecule has 39 heavy (non-hydrogen) atoms. The first kappa shape index (κ1) is 26.8. The Morgan fingerprint density at radius 3 is 2.31 bits per heavy atom. The van der Waals surface area contributed by atoms with Crippen LogP contribution in [0.4, 0.5) is 10.5 Å². The summed E-state index contributed by atoms with van der Waals surface area (Å²) in [5.41, 5.74) is 0.873. The lowest BCUT2D eigenvalue weighted by atomic mass is 9.66. The minimum atomic E-state index is -1.30. The summed E-state index contributed by atoms with van der Waals surface area (Å²) in [6, 6.07) is 13.9. The van der Waals surface area contributed by atoms with Crippen LogP contribution in [0.25, 0.3) is 10.9 Å². The van der Waals surface area contributed by atoms with E-state index in [2.05, 4.69) is 41.1 Å². The van der Waals surface area contributed by atoms with Gasteiger partial charge in [0.15, 0.2) is 11.4 Å². The molecule has 5 rings (SSSR count). The van der Waals surface area contributed by atoms with Crippen LogP contribution in [-0.4, -0.2) is 46.1 Å². The van der Waals surface area contributed by atoms with Crippen LogP contribution in [-0.2, 0) is 20.9 Å². The molecule has 0 spiro atoms. The Bertz CT molecular complexity index is 1450. The highest BCUT2D eigenvalue weighted by molar-refractivity contribution is 6.09. The number of nitrogens with one attached hydrogen (secondary N) is 1. The molecule has 8 nitrogen and oxygen atoms in total. The smallest absolute Gasteiger partial charge is 0.415 e. The van der Waals surface area contributed by atoms with Gasteiger partial charge in [0.1, 0.15) is 0 Å². The van der Waals surface area contributed by atoms with E-state index in [-0.39, 0.29) is 11.7 Å². The summed E-state index contributed by atoms with van der Waals surface area (Å²) in [5.74, 6) is -0.495. The minimum Gasteiger partial charge on any atom is -0.448 e. The van der Waals surface area contributed by atoms with Crippen molar-refractivity contribution in [2.75, 3.05) is 18.4 Å². The predicted octanol–water partition coefficient (Wildman–Crippen LogP) is 5.90.